The van der Waals surface area contributed by atoms with Crippen LogP contribution in [0.15, 0.2) is 36.4 Å². The molecule has 2 unspecified atom stereocenters. The molecule has 0 aliphatic rings. The number of imidazole rings is 2. The van der Waals surface area contributed by atoms with E-state index in [1.807, 2.05) is 12.1 Å². The SMILES string of the molecule is N#Cc1ccc2nc(C(O)C(O)c3nc4ccc(C#N)cc4[nH]3)[nH]c2c1. The molecule has 0 amide bonds. The zero-order valence-electron chi connectivity index (χ0n) is 13.3. The second-order valence-electron chi connectivity index (χ2n) is 5.82. The fourth-order valence-corrected chi connectivity index (χ4v) is 2.78. The molecular weight excluding hydrogens is 332 g/mol. The molecule has 0 bridgehead atoms. The number of aromatic nitrogens is 4. The van der Waals surface area contributed by atoms with E-state index in [1.54, 1.807) is 36.4 Å². The predicted octanol–water partition coefficient (Wildman–Crippen LogP) is 1.95. The van der Waals surface area contributed by atoms with Crippen molar-refractivity contribution in [1.29, 1.82) is 10.5 Å². The number of benzene rings is 2. The van der Waals surface area contributed by atoms with Crippen LogP contribution in [-0.2, 0) is 0 Å². The van der Waals surface area contributed by atoms with Gasteiger partial charge >= 0.3 is 0 Å². The molecule has 126 valence electrons. The maximum Gasteiger partial charge on any atom is 0.145 e. The van der Waals surface area contributed by atoms with Crippen LogP contribution in [0.2, 0.25) is 0 Å². The summed E-state index contributed by atoms with van der Waals surface area (Å²) in [6.07, 6.45) is -2.69. The van der Waals surface area contributed by atoms with E-state index in [1.165, 1.54) is 0 Å². The fraction of sp³-hybridized carbons (Fsp3) is 0.111. The summed E-state index contributed by atoms with van der Waals surface area (Å²) in [5.41, 5.74) is 3.27. The van der Waals surface area contributed by atoms with Crippen molar-refractivity contribution < 1.29 is 10.2 Å². The number of nitrogens with one attached hydrogen (secondary N) is 2. The second-order valence-corrected chi connectivity index (χ2v) is 5.82. The summed E-state index contributed by atoms with van der Waals surface area (Å²) < 4.78 is 0. The lowest BCUT2D eigenvalue weighted by Crippen LogP contribution is -2.13. The normalized spacial score (nSPS) is 13.4. The summed E-state index contributed by atoms with van der Waals surface area (Å²) in [4.78, 5) is 14.3. The van der Waals surface area contributed by atoms with Gasteiger partial charge in [0.05, 0.1) is 45.3 Å². The molecule has 4 rings (SSSR count). The number of rotatable bonds is 3. The van der Waals surface area contributed by atoms with Crippen LogP contribution in [0.4, 0.5) is 0 Å². The van der Waals surface area contributed by atoms with Gasteiger partial charge in [0, 0.05) is 0 Å². The average molecular weight is 344 g/mol. The quantitative estimate of drug-likeness (QED) is 0.447. The number of hydrogen-bond acceptors (Lipinski definition) is 6. The average Bonchev–Trinajstić information content (AvgIpc) is 3.29. The van der Waals surface area contributed by atoms with E-state index in [-0.39, 0.29) is 11.6 Å². The van der Waals surface area contributed by atoms with Crippen molar-refractivity contribution in [1.82, 2.24) is 19.9 Å². The minimum atomic E-state index is -1.34. The van der Waals surface area contributed by atoms with Gasteiger partial charge in [0.25, 0.3) is 0 Å². The Morgan fingerprint density at radius 2 is 1.19 bits per heavy atom. The minimum absolute atomic E-state index is 0.167. The van der Waals surface area contributed by atoms with E-state index in [4.69, 9.17) is 10.5 Å². The van der Waals surface area contributed by atoms with E-state index in [2.05, 4.69) is 19.9 Å². The van der Waals surface area contributed by atoms with Crippen molar-refractivity contribution in [2.45, 2.75) is 12.2 Å². The lowest BCUT2D eigenvalue weighted by Gasteiger charge is -2.13. The molecule has 0 fully saturated rings. The van der Waals surface area contributed by atoms with Crippen molar-refractivity contribution in [3.63, 3.8) is 0 Å². The van der Waals surface area contributed by atoms with Gasteiger partial charge in [-0.25, -0.2) is 9.97 Å². The molecule has 2 aromatic carbocycles. The number of aromatic amines is 2. The maximum absolute atomic E-state index is 10.5. The van der Waals surface area contributed by atoms with Crippen LogP contribution >= 0.6 is 0 Å². The highest BCUT2D eigenvalue weighted by Gasteiger charge is 2.26. The van der Waals surface area contributed by atoms with Gasteiger partial charge in [-0.3, -0.25) is 0 Å². The molecule has 0 aliphatic heterocycles. The van der Waals surface area contributed by atoms with Gasteiger partial charge in [0.15, 0.2) is 0 Å². The lowest BCUT2D eigenvalue weighted by molar-refractivity contribution is 0.00780. The standard InChI is InChI=1S/C18H12N6O2/c19-7-9-1-3-11-13(5-9)23-17(21-11)15(25)16(26)18-22-12-4-2-10(8-20)6-14(12)24-18/h1-6,15-16,25-26H,(H,21,23)(H,22,24). The number of aliphatic hydroxyl groups excluding tert-OH is 2. The van der Waals surface area contributed by atoms with Crippen LogP contribution in [0.3, 0.4) is 0 Å². The Labute approximate surface area is 147 Å². The molecule has 2 aromatic heterocycles. The second kappa shape index (κ2) is 5.97. The van der Waals surface area contributed by atoms with Crippen molar-refractivity contribution >= 4 is 22.1 Å². The Morgan fingerprint density at radius 3 is 1.58 bits per heavy atom. The fourth-order valence-electron chi connectivity index (χ4n) is 2.78. The van der Waals surface area contributed by atoms with Crippen LogP contribution in [0.25, 0.3) is 22.1 Å². The van der Waals surface area contributed by atoms with E-state index in [0.29, 0.717) is 33.2 Å². The molecule has 8 heteroatoms. The van der Waals surface area contributed by atoms with Crippen LogP contribution in [0.5, 0.6) is 0 Å². The molecule has 26 heavy (non-hydrogen) atoms. The van der Waals surface area contributed by atoms with Gasteiger partial charge in [0.2, 0.25) is 0 Å². The van der Waals surface area contributed by atoms with Crippen LogP contribution < -0.4 is 0 Å². The van der Waals surface area contributed by atoms with Gasteiger partial charge in [-0.05, 0) is 36.4 Å². The molecule has 0 aliphatic carbocycles. The van der Waals surface area contributed by atoms with Gasteiger partial charge in [-0.15, -0.1) is 0 Å². The molecule has 2 atom stereocenters. The highest BCUT2D eigenvalue weighted by molar-refractivity contribution is 5.77. The van der Waals surface area contributed by atoms with Crippen molar-refractivity contribution in [2.24, 2.45) is 0 Å². The molecule has 4 N–H and O–H groups in total. The number of hydrogen-bond donors (Lipinski definition) is 4. The van der Waals surface area contributed by atoms with Gasteiger partial charge in [-0.1, -0.05) is 0 Å². The molecule has 0 spiro atoms. The van der Waals surface area contributed by atoms with Crippen molar-refractivity contribution in [3.05, 3.63) is 59.2 Å². The summed E-state index contributed by atoms with van der Waals surface area (Å²) in [6.45, 7) is 0. The van der Waals surface area contributed by atoms with Crippen LogP contribution in [-0.4, -0.2) is 30.1 Å². The number of nitriles is 2. The van der Waals surface area contributed by atoms with Gasteiger partial charge in [-0.2, -0.15) is 10.5 Å². The summed E-state index contributed by atoms with van der Waals surface area (Å²) in [5.74, 6) is 0.335. The zero-order valence-corrected chi connectivity index (χ0v) is 13.3. The highest BCUT2D eigenvalue weighted by Crippen LogP contribution is 2.28. The van der Waals surface area contributed by atoms with E-state index >= 15 is 0 Å². The molecule has 2 heterocycles. The third kappa shape index (κ3) is 2.56. The molecule has 8 nitrogen and oxygen atoms in total. The minimum Gasteiger partial charge on any atom is -0.382 e. The number of aliphatic hydroxyl groups is 2. The first kappa shape index (κ1) is 15.8. The van der Waals surface area contributed by atoms with Crippen molar-refractivity contribution in [2.75, 3.05) is 0 Å². The lowest BCUT2D eigenvalue weighted by atomic mass is 10.2. The topological polar surface area (TPSA) is 145 Å². The monoisotopic (exact) mass is 344 g/mol. The summed E-state index contributed by atoms with van der Waals surface area (Å²) in [6, 6.07) is 13.9. The third-order valence-electron chi connectivity index (χ3n) is 4.12. The van der Waals surface area contributed by atoms with Crippen LogP contribution in [0.1, 0.15) is 35.0 Å². The van der Waals surface area contributed by atoms with E-state index in [9.17, 15) is 10.2 Å². The molecule has 4 aromatic rings. The smallest absolute Gasteiger partial charge is 0.145 e. The van der Waals surface area contributed by atoms with Gasteiger partial charge < -0.3 is 20.2 Å². The summed E-state index contributed by atoms with van der Waals surface area (Å²) in [7, 11) is 0. The molecule has 0 saturated heterocycles. The first-order valence-corrected chi connectivity index (χ1v) is 7.74. The molecule has 0 saturated carbocycles. The largest absolute Gasteiger partial charge is 0.382 e. The van der Waals surface area contributed by atoms with E-state index < -0.39 is 12.2 Å². The summed E-state index contributed by atoms with van der Waals surface area (Å²) in [5, 5.41) is 38.9. The molecule has 0 radical (unpaired) electrons. The zero-order chi connectivity index (χ0) is 18.3. The number of H-pyrrole nitrogens is 2. The van der Waals surface area contributed by atoms with Crippen molar-refractivity contribution in [3.8, 4) is 12.1 Å². The predicted molar refractivity (Wildman–Crippen MR) is 91.5 cm³/mol. The third-order valence-corrected chi connectivity index (χ3v) is 4.12. The Kier molecular flexibility index (Phi) is 3.63. The van der Waals surface area contributed by atoms with Gasteiger partial charge in [0.1, 0.15) is 23.9 Å². The summed E-state index contributed by atoms with van der Waals surface area (Å²) >= 11 is 0. The number of fused-ring (bicyclic) bond motifs is 2. The van der Waals surface area contributed by atoms with E-state index in [0.717, 1.165) is 0 Å². The number of nitrogens with zero attached hydrogens (tertiary/aromatic N) is 4. The highest BCUT2D eigenvalue weighted by atomic mass is 16.3. The molecular formula is C18H12N6O2. The first-order valence-electron chi connectivity index (χ1n) is 7.74. The van der Waals surface area contributed by atoms with Crippen LogP contribution in [0, 0.1) is 22.7 Å². The maximum atomic E-state index is 10.5. The Morgan fingerprint density at radius 1 is 0.769 bits per heavy atom. The Balaban J connectivity index is 1.68. The Hall–Kier alpha value is -3.72. The first-order chi connectivity index (χ1) is 12.6. The Bertz CT molecular complexity index is 1110.